The minimum absolute atomic E-state index is 0.0142. The molecule has 0 spiro atoms. The fourth-order valence-corrected chi connectivity index (χ4v) is 12.3. The molecule has 0 fully saturated rings. The van der Waals surface area contributed by atoms with Crippen molar-refractivity contribution in [1.82, 2.24) is 0 Å². The van der Waals surface area contributed by atoms with Gasteiger partial charge in [0.1, 0.15) is 11.2 Å². The highest BCUT2D eigenvalue weighted by Gasteiger charge is 2.48. The Hall–Kier alpha value is -8.40. The van der Waals surface area contributed by atoms with Crippen LogP contribution >= 0.6 is 0 Å². The van der Waals surface area contributed by atoms with Gasteiger partial charge in [-0.05, 0) is 168 Å². The number of rotatable bonds is 9. The molecule has 0 aliphatic heterocycles. The third-order valence-corrected chi connectivity index (χ3v) is 16.8. The molecular weight excluding hydrogens is 969 g/mol. The summed E-state index contributed by atoms with van der Waals surface area (Å²) < 4.78 is 7.35. The zero-order valence-electron chi connectivity index (χ0n) is 48.7. The van der Waals surface area contributed by atoms with Crippen molar-refractivity contribution >= 4 is 56.1 Å². The molecule has 10 aromatic carbocycles. The van der Waals surface area contributed by atoms with Crippen molar-refractivity contribution in [3.05, 3.63) is 275 Å². The van der Waals surface area contributed by atoms with Gasteiger partial charge in [-0.2, -0.15) is 0 Å². The van der Waals surface area contributed by atoms with Gasteiger partial charge < -0.3 is 14.2 Å². The molecule has 0 N–H and O–H groups in total. The lowest BCUT2D eigenvalue weighted by atomic mass is 9.67. The average Bonchev–Trinajstić information content (AvgIpc) is 4.13. The lowest BCUT2D eigenvalue weighted by molar-refractivity contribution is 0.590. The van der Waals surface area contributed by atoms with Crippen LogP contribution in [0.25, 0.3) is 44.2 Å². The van der Waals surface area contributed by atoms with Gasteiger partial charge in [0.25, 0.3) is 0 Å². The predicted molar refractivity (Wildman–Crippen MR) is 341 cm³/mol. The van der Waals surface area contributed by atoms with Gasteiger partial charge in [0.15, 0.2) is 0 Å². The summed E-state index contributed by atoms with van der Waals surface area (Å²) in [6.45, 7) is 27.4. The van der Waals surface area contributed by atoms with Crippen molar-refractivity contribution in [1.29, 1.82) is 0 Å². The molecule has 3 nitrogen and oxygen atoms in total. The molecule has 80 heavy (non-hydrogen) atoms. The number of hydrogen-bond acceptors (Lipinski definition) is 3. The van der Waals surface area contributed by atoms with Crippen molar-refractivity contribution in [2.75, 3.05) is 9.80 Å². The van der Waals surface area contributed by atoms with E-state index < -0.39 is 5.41 Å². The second-order valence-corrected chi connectivity index (χ2v) is 26.3. The maximum atomic E-state index is 7.35. The molecule has 398 valence electrons. The Bertz CT molecular complexity index is 3890. The molecule has 12 rings (SSSR count). The maximum absolute atomic E-state index is 7.35. The highest BCUT2D eigenvalue weighted by Crippen LogP contribution is 2.61. The van der Waals surface area contributed by atoms with Crippen LogP contribution in [0.15, 0.2) is 235 Å². The van der Waals surface area contributed by atoms with Gasteiger partial charge in [-0.1, -0.05) is 229 Å². The van der Waals surface area contributed by atoms with E-state index in [1.54, 1.807) is 0 Å². The fourth-order valence-electron chi connectivity index (χ4n) is 12.3. The summed E-state index contributed by atoms with van der Waals surface area (Å²) in [5.41, 5.74) is 22.2. The van der Waals surface area contributed by atoms with Crippen LogP contribution in [0.3, 0.4) is 0 Å². The molecule has 1 aliphatic carbocycles. The number of para-hydroxylation sites is 1. The second kappa shape index (κ2) is 19.5. The highest BCUT2D eigenvalue weighted by atomic mass is 16.3. The molecule has 1 aromatic heterocycles. The van der Waals surface area contributed by atoms with Crippen molar-refractivity contribution in [3.63, 3.8) is 0 Å². The second-order valence-electron chi connectivity index (χ2n) is 26.3. The molecule has 11 aromatic rings. The standard InChI is InChI=1S/C77H74N2O/c1-73(2,3)52-30-38-58(39-31-52)78(59-40-32-53(33-41-59)74(4,5)6)62-27-21-22-51(48-62)66-50-68-71(72-70(66)65-28-19-20-29-69(65)80-72)64-47-46-63(49-67(64)77(68,56-23-15-13-16-24-56)57-25-17-14-18-26-57)79(60-42-34-54(35-43-60)75(7,8)9)61-44-36-55(37-45-61)76(10,11)12/h13-50H,1-12H3. The van der Waals surface area contributed by atoms with Gasteiger partial charge in [0.05, 0.1) is 5.41 Å². The van der Waals surface area contributed by atoms with Crippen LogP contribution < -0.4 is 9.80 Å². The predicted octanol–water partition coefficient (Wildman–Crippen LogP) is 21.7. The summed E-state index contributed by atoms with van der Waals surface area (Å²) >= 11 is 0. The molecule has 1 heterocycles. The Morgan fingerprint density at radius 2 is 0.725 bits per heavy atom. The molecule has 0 unspecified atom stereocenters. The third-order valence-electron chi connectivity index (χ3n) is 16.8. The molecule has 0 atom stereocenters. The number of fused-ring (bicyclic) bond motifs is 7. The van der Waals surface area contributed by atoms with Crippen LogP contribution in [0.5, 0.6) is 0 Å². The Kier molecular flexibility index (Phi) is 12.7. The highest BCUT2D eigenvalue weighted by molar-refractivity contribution is 6.19. The number of hydrogen-bond donors (Lipinski definition) is 0. The number of nitrogens with zero attached hydrogens (tertiary/aromatic N) is 2. The Morgan fingerprint density at radius 1 is 0.325 bits per heavy atom. The Balaban J connectivity index is 1.13. The van der Waals surface area contributed by atoms with Gasteiger partial charge in [-0.3, -0.25) is 0 Å². The number of benzene rings is 10. The van der Waals surface area contributed by atoms with E-state index in [0.29, 0.717) is 0 Å². The molecule has 0 saturated heterocycles. The van der Waals surface area contributed by atoms with Crippen LogP contribution in [0, 0.1) is 0 Å². The zero-order chi connectivity index (χ0) is 55.9. The molecule has 0 saturated carbocycles. The first-order valence-corrected chi connectivity index (χ1v) is 28.6. The molecule has 0 radical (unpaired) electrons. The van der Waals surface area contributed by atoms with Crippen LogP contribution in [0.2, 0.25) is 0 Å². The smallest absolute Gasteiger partial charge is 0.144 e. The van der Waals surface area contributed by atoms with Gasteiger partial charge in [-0.25, -0.2) is 0 Å². The van der Waals surface area contributed by atoms with Gasteiger partial charge in [0, 0.05) is 50.5 Å². The SMILES string of the molecule is CC(C)(C)c1ccc(N(c2ccc(C(C)(C)C)cc2)c2cccc(-c3cc4c(c5oc6ccccc6c35)-c3ccc(N(c5ccc(C(C)(C)C)cc5)c5ccc(C(C)(C)C)cc5)cc3C4(c3ccccc3)c3ccccc3)c2)cc1. The van der Waals surface area contributed by atoms with E-state index in [-0.39, 0.29) is 21.7 Å². The van der Waals surface area contributed by atoms with Crippen LogP contribution in [0.4, 0.5) is 34.1 Å². The van der Waals surface area contributed by atoms with E-state index >= 15 is 0 Å². The first-order chi connectivity index (χ1) is 38.2. The summed E-state index contributed by atoms with van der Waals surface area (Å²) in [6, 6.07) is 86.5. The monoisotopic (exact) mass is 1040 g/mol. The lowest BCUT2D eigenvalue weighted by Crippen LogP contribution is -2.29. The van der Waals surface area contributed by atoms with E-state index in [4.69, 9.17) is 4.42 Å². The summed E-state index contributed by atoms with van der Waals surface area (Å²) in [4.78, 5) is 4.85. The van der Waals surface area contributed by atoms with Gasteiger partial charge in [-0.15, -0.1) is 0 Å². The lowest BCUT2D eigenvalue weighted by Gasteiger charge is -2.35. The molecule has 0 amide bonds. The maximum Gasteiger partial charge on any atom is 0.144 e. The minimum atomic E-state index is -0.754. The van der Waals surface area contributed by atoms with Crippen molar-refractivity contribution in [3.8, 4) is 22.3 Å². The van der Waals surface area contributed by atoms with Crippen molar-refractivity contribution in [2.45, 2.75) is 110 Å². The van der Waals surface area contributed by atoms with Gasteiger partial charge in [0.2, 0.25) is 0 Å². The quantitative estimate of drug-likeness (QED) is 0.144. The Labute approximate surface area is 475 Å². The minimum Gasteiger partial charge on any atom is -0.455 e. The third kappa shape index (κ3) is 9.11. The number of furan rings is 1. The normalized spacial score (nSPS) is 13.3. The first kappa shape index (κ1) is 52.3. The number of anilines is 6. The molecule has 3 heteroatoms. The van der Waals surface area contributed by atoms with Crippen LogP contribution in [-0.2, 0) is 27.1 Å². The van der Waals surface area contributed by atoms with Crippen molar-refractivity contribution < 1.29 is 4.42 Å². The van der Waals surface area contributed by atoms with E-state index in [0.717, 1.165) is 78.3 Å². The molecular formula is C77H74N2O. The van der Waals surface area contributed by atoms with E-state index in [2.05, 4.69) is 323 Å². The summed E-state index contributed by atoms with van der Waals surface area (Å²) in [5, 5.41) is 2.20. The Morgan fingerprint density at radius 3 is 1.16 bits per heavy atom. The molecule has 1 aliphatic rings. The first-order valence-electron chi connectivity index (χ1n) is 28.6. The molecule has 0 bridgehead atoms. The summed E-state index contributed by atoms with van der Waals surface area (Å²) in [5.74, 6) is 0. The van der Waals surface area contributed by atoms with Crippen LogP contribution in [-0.4, -0.2) is 0 Å². The van der Waals surface area contributed by atoms with E-state index in [1.165, 1.54) is 44.5 Å². The van der Waals surface area contributed by atoms with Crippen LogP contribution in [0.1, 0.15) is 128 Å². The largest absolute Gasteiger partial charge is 0.455 e. The topological polar surface area (TPSA) is 19.6 Å². The summed E-state index contributed by atoms with van der Waals surface area (Å²) in [6.07, 6.45) is 0. The van der Waals surface area contributed by atoms with Gasteiger partial charge >= 0.3 is 0 Å². The fraction of sp³-hybridized carbons (Fsp3) is 0.221. The van der Waals surface area contributed by atoms with E-state index in [1.807, 2.05) is 0 Å². The average molecular weight is 1040 g/mol. The van der Waals surface area contributed by atoms with Crippen molar-refractivity contribution in [2.24, 2.45) is 0 Å². The van der Waals surface area contributed by atoms with E-state index in [9.17, 15) is 0 Å². The summed E-state index contributed by atoms with van der Waals surface area (Å²) in [7, 11) is 0. The zero-order valence-corrected chi connectivity index (χ0v) is 48.7.